The van der Waals surface area contributed by atoms with Crippen LogP contribution in [0.25, 0.3) is 11.1 Å². The minimum atomic E-state index is -4.38. The van der Waals surface area contributed by atoms with Gasteiger partial charge in [-0.25, -0.2) is 0 Å². The SMILES string of the molecule is O=S(=O)(O)c1ccc(N=Nc2ccc([O-])c(N=Nc3ccc(-c4ccc(N=Nc5c([O-])ccc(N=Nc6ccc(S(=O)(=O)O)cc6)c5O)cc4)cc3)c2O)cc1.[Na+].[Na+]. The average Bonchev–Trinajstić information content (AvgIpc) is 3.17. The van der Waals surface area contributed by atoms with Crippen LogP contribution in [0.3, 0.4) is 0 Å². The van der Waals surface area contributed by atoms with E-state index in [0.717, 1.165) is 47.5 Å². The van der Waals surface area contributed by atoms with Gasteiger partial charge in [0.05, 0.1) is 32.5 Å². The molecule has 0 fully saturated rings. The molecule has 0 unspecified atom stereocenters. The van der Waals surface area contributed by atoms with E-state index in [4.69, 9.17) is 9.11 Å². The third-order valence-electron chi connectivity index (χ3n) is 7.60. The summed E-state index contributed by atoms with van der Waals surface area (Å²) in [5, 5.41) is 77.6. The Balaban J connectivity index is 0.00000372. The Bertz CT molecular complexity index is 2580. The molecule has 0 radical (unpaired) electrons. The van der Waals surface area contributed by atoms with Crippen LogP contribution in [0.2, 0.25) is 0 Å². The van der Waals surface area contributed by atoms with Crippen LogP contribution in [0.1, 0.15) is 0 Å². The summed E-state index contributed by atoms with van der Waals surface area (Å²) in [5.74, 6) is -2.39. The molecule has 4 N–H and O–H groups in total. The number of benzene rings is 6. The van der Waals surface area contributed by atoms with Crippen LogP contribution in [-0.2, 0) is 20.2 Å². The summed E-state index contributed by atoms with van der Waals surface area (Å²) in [6, 6.07) is 27.9. The third-order valence-corrected chi connectivity index (χ3v) is 9.34. The molecule has 0 spiro atoms. The van der Waals surface area contributed by atoms with Crippen LogP contribution in [0.5, 0.6) is 23.0 Å². The first-order valence-electron chi connectivity index (χ1n) is 15.7. The fraction of sp³-hybridized carbons (Fsp3) is 0. The van der Waals surface area contributed by atoms with Gasteiger partial charge in [-0.05, 0) is 96.1 Å². The second kappa shape index (κ2) is 19.5. The topological polar surface area (TPSA) is 294 Å². The van der Waals surface area contributed by atoms with Crippen molar-refractivity contribution in [2.24, 2.45) is 40.9 Å². The van der Waals surface area contributed by atoms with Gasteiger partial charge in [-0.3, -0.25) is 9.11 Å². The van der Waals surface area contributed by atoms with E-state index in [0.29, 0.717) is 11.4 Å². The van der Waals surface area contributed by atoms with E-state index >= 15 is 0 Å². The Morgan fingerprint density at radius 3 is 0.948 bits per heavy atom. The number of phenolic OH excluding ortho intramolecular Hbond substituents is 2. The first-order valence-corrected chi connectivity index (χ1v) is 18.6. The number of hydrogen-bond donors (Lipinski definition) is 4. The average molecular weight is 839 g/mol. The maximum atomic E-state index is 12.4. The van der Waals surface area contributed by atoms with Crippen molar-refractivity contribution in [1.82, 2.24) is 0 Å². The van der Waals surface area contributed by atoms with Crippen molar-refractivity contribution in [1.29, 1.82) is 0 Å². The van der Waals surface area contributed by atoms with Crippen molar-refractivity contribution in [3.05, 3.63) is 121 Å². The minimum absolute atomic E-state index is 0. The van der Waals surface area contributed by atoms with E-state index < -0.39 is 43.2 Å². The largest absolute Gasteiger partial charge is 1.00 e. The summed E-state index contributed by atoms with van der Waals surface area (Å²) in [4.78, 5) is -0.661. The molecule has 6 aromatic rings. The molecule has 0 aromatic heterocycles. The Hall–Kier alpha value is -5.26. The summed E-state index contributed by atoms with van der Waals surface area (Å²) >= 11 is 0. The van der Waals surface area contributed by atoms with E-state index in [1.807, 2.05) is 0 Å². The van der Waals surface area contributed by atoms with Gasteiger partial charge in [0, 0.05) is 0 Å². The summed E-state index contributed by atoms with van der Waals surface area (Å²) < 4.78 is 63.1. The van der Waals surface area contributed by atoms with E-state index in [1.165, 1.54) is 36.4 Å². The predicted octanol–water partition coefficient (Wildman–Crippen LogP) is 3.08. The van der Waals surface area contributed by atoms with Crippen LogP contribution in [0.15, 0.2) is 172 Å². The number of hydrogen-bond acceptors (Lipinski definition) is 16. The Morgan fingerprint density at radius 1 is 0.379 bits per heavy atom. The number of nitrogens with zero attached hydrogens (tertiary/aromatic N) is 8. The van der Waals surface area contributed by atoms with Crippen LogP contribution >= 0.6 is 0 Å². The van der Waals surface area contributed by atoms with Gasteiger partial charge in [0.25, 0.3) is 20.2 Å². The van der Waals surface area contributed by atoms with Crippen LogP contribution in [0, 0.1) is 0 Å². The Labute approximate surface area is 374 Å². The Kier molecular flexibility index (Phi) is 15.2. The number of phenols is 2. The summed E-state index contributed by atoms with van der Waals surface area (Å²) in [5.41, 5.74) is 1.73. The van der Waals surface area contributed by atoms with Gasteiger partial charge in [-0.2, -0.15) is 37.3 Å². The molecule has 0 saturated carbocycles. The summed E-state index contributed by atoms with van der Waals surface area (Å²) in [6.45, 7) is 0. The van der Waals surface area contributed by atoms with Crippen molar-refractivity contribution in [2.75, 3.05) is 0 Å². The predicted molar refractivity (Wildman–Crippen MR) is 196 cm³/mol. The van der Waals surface area contributed by atoms with Crippen molar-refractivity contribution >= 4 is 65.7 Å². The molecule has 0 bridgehead atoms. The third kappa shape index (κ3) is 11.4. The van der Waals surface area contributed by atoms with Crippen LogP contribution in [0.4, 0.5) is 45.5 Å². The first kappa shape index (κ1) is 45.4. The summed E-state index contributed by atoms with van der Waals surface area (Å²) in [6.07, 6.45) is 0. The van der Waals surface area contributed by atoms with Gasteiger partial charge in [-0.15, -0.1) is 20.5 Å². The molecule has 0 aliphatic carbocycles. The molecular weight excluding hydrogens is 815 g/mol. The normalized spacial score (nSPS) is 12.0. The molecule has 0 atom stereocenters. The molecule has 22 heteroatoms. The van der Waals surface area contributed by atoms with Gasteiger partial charge in [0.15, 0.2) is 11.5 Å². The van der Waals surface area contributed by atoms with E-state index in [1.54, 1.807) is 48.5 Å². The van der Waals surface area contributed by atoms with Gasteiger partial charge in [-0.1, -0.05) is 47.9 Å². The molecule has 6 rings (SSSR count). The molecule has 282 valence electrons. The maximum absolute atomic E-state index is 12.4. The second-order valence-electron chi connectivity index (χ2n) is 11.4. The molecule has 0 heterocycles. The number of rotatable bonds is 11. The van der Waals surface area contributed by atoms with E-state index in [-0.39, 0.29) is 103 Å². The van der Waals surface area contributed by atoms with Gasteiger partial charge in [0.1, 0.15) is 22.7 Å². The minimum Gasteiger partial charge on any atom is -0.871 e. The molecule has 0 saturated heterocycles. The van der Waals surface area contributed by atoms with Crippen molar-refractivity contribution in [3.63, 3.8) is 0 Å². The van der Waals surface area contributed by atoms with Crippen LogP contribution < -0.4 is 69.3 Å². The number of aromatic hydroxyl groups is 2. The van der Waals surface area contributed by atoms with Crippen molar-refractivity contribution in [3.8, 4) is 34.1 Å². The standard InChI is InChI=1S/C36H26N8O10S2.2Na/c45-31-19-17-29(41-37-25-9-13-27(14-10-25)55(49,50)51)35(47)33(31)43-39-23-5-1-21(2-6-23)22-3-7-24(8-4-22)40-44-34-32(46)20-18-30(36(34)48)42-38-26-11-15-28(16-12-26)56(52,53)54;;/h1-20,45-48H,(H,49,50,51)(H,52,53,54);;/q;2*+1/p-2. The molecule has 58 heavy (non-hydrogen) atoms. The van der Waals surface area contributed by atoms with E-state index in [9.17, 15) is 37.3 Å². The zero-order valence-corrected chi connectivity index (χ0v) is 35.8. The molecule has 6 aromatic carbocycles. The molecule has 0 aliphatic heterocycles. The fourth-order valence-electron chi connectivity index (χ4n) is 4.70. The molecule has 18 nitrogen and oxygen atoms in total. The van der Waals surface area contributed by atoms with Crippen molar-refractivity contribution in [2.45, 2.75) is 9.79 Å². The van der Waals surface area contributed by atoms with Gasteiger partial charge in [0.2, 0.25) is 0 Å². The zero-order chi connectivity index (χ0) is 40.0. The number of azo groups is 4. The fourth-order valence-corrected chi connectivity index (χ4v) is 5.67. The van der Waals surface area contributed by atoms with Crippen LogP contribution in [-0.4, -0.2) is 36.2 Å². The quantitative estimate of drug-likeness (QED) is 0.0840. The maximum Gasteiger partial charge on any atom is 1.00 e. The van der Waals surface area contributed by atoms with Gasteiger partial charge < -0.3 is 20.4 Å². The smallest absolute Gasteiger partial charge is 0.871 e. The first-order chi connectivity index (χ1) is 26.7. The van der Waals surface area contributed by atoms with Gasteiger partial charge >= 0.3 is 59.1 Å². The molecule has 0 amide bonds. The summed E-state index contributed by atoms with van der Waals surface area (Å²) in [7, 11) is -8.77. The monoisotopic (exact) mass is 838 g/mol. The zero-order valence-electron chi connectivity index (χ0n) is 30.2. The van der Waals surface area contributed by atoms with Crippen molar-refractivity contribution < 1.29 is 105 Å². The second-order valence-corrected chi connectivity index (χ2v) is 14.2. The molecule has 0 aliphatic rings. The Morgan fingerprint density at radius 2 is 0.655 bits per heavy atom. The molecular formula is C36H24N8Na2O10S2. The van der Waals surface area contributed by atoms with E-state index in [2.05, 4.69) is 40.9 Å².